The van der Waals surface area contributed by atoms with Crippen LogP contribution in [0.15, 0.2) is 36.7 Å². The van der Waals surface area contributed by atoms with Gasteiger partial charge in [0.1, 0.15) is 23.7 Å². The maximum absolute atomic E-state index is 5.57. The van der Waals surface area contributed by atoms with Crippen LogP contribution in [-0.2, 0) is 6.42 Å². The van der Waals surface area contributed by atoms with E-state index in [0.29, 0.717) is 23.3 Å². The summed E-state index contributed by atoms with van der Waals surface area (Å²) >= 11 is 5.20. The van der Waals surface area contributed by atoms with Gasteiger partial charge in [0, 0.05) is 12.6 Å². The van der Waals surface area contributed by atoms with Gasteiger partial charge in [0.05, 0.1) is 7.11 Å². The number of nitrogens with zero attached hydrogens (tertiary/aromatic N) is 2. The summed E-state index contributed by atoms with van der Waals surface area (Å²) in [5.41, 5.74) is 6.70. The predicted octanol–water partition coefficient (Wildman–Crippen LogP) is 1.60. The first kappa shape index (κ1) is 15.0. The number of rotatable bonds is 5. The Balaban J connectivity index is 1.82. The van der Waals surface area contributed by atoms with Gasteiger partial charge in [-0.3, -0.25) is 0 Å². The Morgan fingerprint density at radius 1 is 1.33 bits per heavy atom. The second kappa shape index (κ2) is 7.39. The molecule has 6 nitrogen and oxygen atoms in total. The predicted molar refractivity (Wildman–Crippen MR) is 87.4 cm³/mol. The maximum atomic E-state index is 5.57. The number of ether oxygens (including phenoxy) is 1. The largest absolute Gasteiger partial charge is 0.496 e. The Morgan fingerprint density at radius 2 is 2.14 bits per heavy atom. The normalized spacial score (nSPS) is 9.95. The summed E-state index contributed by atoms with van der Waals surface area (Å²) in [5.74, 6) is 1.84. The molecule has 4 N–H and O–H groups in total. The average Bonchev–Trinajstić information content (AvgIpc) is 2.47. The molecule has 0 fully saturated rings. The van der Waals surface area contributed by atoms with E-state index in [4.69, 9.17) is 22.7 Å². The minimum absolute atomic E-state index is 0.393. The summed E-state index contributed by atoms with van der Waals surface area (Å²) < 4.78 is 5.30. The van der Waals surface area contributed by atoms with Crippen molar-refractivity contribution < 1.29 is 4.74 Å². The van der Waals surface area contributed by atoms with Crippen LogP contribution >= 0.6 is 12.2 Å². The van der Waals surface area contributed by atoms with Gasteiger partial charge in [-0.05, 0) is 30.3 Å². The van der Waals surface area contributed by atoms with E-state index in [-0.39, 0.29) is 0 Å². The summed E-state index contributed by atoms with van der Waals surface area (Å²) in [4.78, 5) is 7.84. The maximum Gasteiger partial charge on any atom is 0.171 e. The van der Waals surface area contributed by atoms with Crippen molar-refractivity contribution in [3.8, 4) is 5.75 Å². The molecular formula is C14H17N5OS. The molecule has 110 valence electrons. The monoisotopic (exact) mass is 303 g/mol. The minimum atomic E-state index is 0.393. The van der Waals surface area contributed by atoms with Gasteiger partial charge in [0.25, 0.3) is 0 Å². The van der Waals surface area contributed by atoms with Gasteiger partial charge in [-0.15, -0.1) is 0 Å². The molecule has 1 aromatic heterocycles. The molecule has 0 bridgehead atoms. The van der Waals surface area contributed by atoms with E-state index in [1.54, 1.807) is 13.2 Å². The summed E-state index contributed by atoms with van der Waals surface area (Å²) in [6.45, 7) is 0.687. The minimum Gasteiger partial charge on any atom is -0.496 e. The van der Waals surface area contributed by atoms with Crippen LogP contribution in [0.5, 0.6) is 5.75 Å². The van der Waals surface area contributed by atoms with Crippen molar-refractivity contribution in [1.29, 1.82) is 0 Å². The van der Waals surface area contributed by atoms with Crippen molar-refractivity contribution in [3.63, 3.8) is 0 Å². The number of aromatic nitrogens is 2. The first-order valence-electron chi connectivity index (χ1n) is 6.43. The van der Waals surface area contributed by atoms with E-state index in [1.807, 2.05) is 24.3 Å². The van der Waals surface area contributed by atoms with Gasteiger partial charge in [0.2, 0.25) is 0 Å². The Hall–Kier alpha value is -2.41. The van der Waals surface area contributed by atoms with E-state index < -0.39 is 0 Å². The van der Waals surface area contributed by atoms with Gasteiger partial charge in [-0.25, -0.2) is 9.97 Å². The summed E-state index contributed by atoms with van der Waals surface area (Å²) in [5, 5.41) is 6.56. The molecule has 0 unspecified atom stereocenters. The average molecular weight is 303 g/mol. The highest BCUT2D eigenvalue weighted by Gasteiger charge is 2.03. The Kier molecular flexibility index (Phi) is 5.28. The number of nitrogens with one attached hydrogen (secondary N) is 2. The van der Waals surface area contributed by atoms with E-state index in [9.17, 15) is 0 Å². The number of anilines is 2. The zero-order valence-electron chi connectivity index (χ0n) is 11.7. The third-order valence-electron chi connectivity index (χ3n) is 2.80. The zero-order valence-corrected chi connectivity index (χ0v) is 12.5. The molecular weight excluding hydrogens is 286 g/mol. The number of methoxy groups -OCH3 is 1. The number of nitrogens with two attached hydrogens (primary N) is 1. The number of thiocarbonyl (C=S) groups is 1. The van der Waals surface area contributed by atoms with Crippen LogP contribution in [0.2, 0.25) is 0 Å². The quantitative estimate of drug-likeness (QED) is 0.723. The van der Waals surface area contributed by atoms with Crippen LogP contribution in [0, 0.1) is 0 Å². The number of hydrogen-bond acceptors (Lipinski definition) is 5. The lowest BCUT2D eigenvalue weighted by Gasteiger charge is -2.11. The topological polar surface area (TPSA) is 85.1 Å². The van der Waals surface area contributed by atoms with Gasteiger partial charge in [-0.1, -0.05) is 18.2 Å². The standard InChI is InChI=1S/C14H17N5OS/c1-20-11-5-3-2-4-10(11)6-7-16-14(21)19-13-8-12(15)17-9-18-13/h2-5,8-9H,6-7H2,1H3,(H4,15,16,17,18,19,21). The lowest BCUT2D eigenvalue weighted by atomic mass is 10.1. The molecule has 0 saturated carbocycles. The van der Waals surface area contributed by atoms with Crippen molar-refractivity contribution in [2.24, 2.45) is 0 Å². The Morgan fingerprint density at radius 3 is 2.90 bits per heavy atom. The van der Waals surface area contributed by atoms with Gasteiger partial charge in [0.15, 0.2) is 5.11 Å². The SMILES string of the molecule is COc1ccccc1CCNC(=S)Nc1cc(N)ncn1. The molecule has 0 aliphatic carbocycles. The molecule has 7 heteroatoms. The van der Waals surface area contributed by atoms with Gasteiger partial charge < -0.3 is 21.1 Å². The molecule has 0 aliphatic heterocycles. The molecule has 2 aromatic rings. The third kappa shape index (κ3) is 4.57. The molecule has 0 radical (unpaired) electrons. The summed E-state index contributed by atoms with van der Waals surface area (Å²) in [6.07, 6.45) is 2.19. The molecule has 0 atom stereocenters. The molecule has 21 heavy (non-hydrogen) atoms. The number of hydrogen-bond donors (Lipinski definition) is 3. The van der Waals surface area contributed by atoms with Gasteiger partial charge >= 0.3 is 0 Å². The van der Waals surface area contributed by atoms with Gasteiger partial charge in [-0.2, -0.15) is 0 Å². The van der Waals surface area contributed by atoms with Crippen molar-refractivity contribution in [1.82, 2.24) is 15.3 Å². The van der Waals surface area contributed by atoms with E-state index in [2.05, 4.69) is 20.6 Å². The summed E-state index contributed by atoms with van der Waals surface area (Å²) in [7, 11) is 1.66. The second-order valence-electron chi connectivity index (χ2n) is 4.27. The smallest absolute Gasteiger partial charge is 0.171 e. The molecule has 2 rings (SSSR count). The zero-order chi connectivity index (χ0) is 15.1. The van der Waals surface area contributed by atoms with Crippen molar-refractivity contribution in [2.75, 3.05) is 24.7 Å². The number of benzene rings is 1. The first-order valence-corrected chi connectivity index (χ1v) is 6.84. The van der Waals surface area contributed by atoms with E-state index in [0.717, 1.165) is 17.7 Å². The lowest BCUT2D eigenvalue weighted by Crippen LogP contribution is -2.30. The highest BCUT2D eigenvalue weighted by atomic mass is 32.1. The van der Waals surface area contributed by atoms with Crippen LogP contribution in [-0.4, -0.2) is 28.7 Å². The van der Waals surface area contributed by atoms with Crippen molar-refractivity contribution in [3.05, 3.63) is 42.2 Å². The molecule has 0 amide bonds. The fourth-order valence-corrected chi connectivity index (χ4v) is 2.03. The van der Waals surface area contributed by atoms with Crippen molar-refractivity contribution in [2.45, 2.75) is 6.42 Å². The van der Waals surface area contributed by atoms with Crippen LogP contribution < -0.4 is 21.1 Å². The Labute approximate surface area is 128 Å². The fourth-order valence-electron chi connectivity index (χ4n) is 1.82. The van der Waals surface area contributed by atoms with E-state index >= 15 is 0 Å². The van der Waals surface area contributed by atoms with E-state index in [1.165, 1.54) is 6.33 Å². The highest BCUT2D eigenvalue weighted by molar-refractivity contribution is 7.80. The van der Waals surface area contributed by atoms with Crippen molar-refractivity contribution >= 4 is 29.0 Å². The molecule has 1 heterocycles. The Bertz CT molecular complexity index is 620. The fraction of sp³-hybridized carbons (Fsp3) is 0.214. The second-order valence-corrected chi connectivity index (χ2v) is 4.68. The third-order valence-corrected chi connectivity index (χ3v) is 3.05. The van der Waals surface area contributed by atoms with Crippen LogP contribution in [0.25, 0.3) is 0 Å². The highest BCUT2D eigenvalue weighted by Crippen LogP contribution is 2.17. The van der Waals surface area contributed by atoms with Crippen LogP contribution in [0.4, 0.5) is 11.6 Å². The molecule has 1 aromatic carbocycles. The first-order chi connectivity index (χ1) is 10.2. The lowest BCUT2D eigenvalue weighted by molar-refractivity contribution is 0.409. The molecule has 0 spiro atoms. The molecule has 0 aliphatic rings. The van der Waals surface area contributed by atoms with Crippen LogP contribution in [0.3, 0.4) is 0 Å². The number of para-hydroxylation sites is 1. The number of nitrogen functional groups attached to an aromatic ring is 1. The van der Waals surface area contributed by atoms with Crippen LogP contribution in [0.1, 0.15) is 5.56 Å². The summed E-state index contributed by atoms with van der Waals surface area (Å²) in [6, 6.07) is 9.52. The molecule has 0 saturated heterocycles.